The van der Waals surface area contributed by atoms with Gasteiger partial charge in [0.1, 0.15) is 24.9 Å². The molecule has 2 heterocycles. The molecule has 0 radical (unpaired) electrons. The minimum Gasteiger partial charge on any atom is -0.395 e. The number of ether oxygens (including phenoxy) is 2. The molecule has 0 saturated carbocycles. The minimum atomic E-state index is -1.93. The maximum absolute atomic E-state index is 9.96. The van der Waals surface area contributed by atoms with Crippen LogP contribution in [0.3, 0.4) is 0 Å². The Morgan fingerprint density at radius 3 is 2.00 bits per heavy atom. The Morgan fingerprint density at radius 2 is 1.55 bits per heavy atom. The number of aliphatic hydroxyl groups excluding tert-OH is 7. The van der Waals surface area contributed by atoms with E-state index in [4.69, 9.17) is 19.7 Å². The van der Waals surface area contributed by atoms with E-state index in [1.807, 2.05) is 0 Å². The maximum atomic E-state index is 9.96. The topological polar surface area (TPSA) is 172 Å². The van der Waals surface area contributed by atoms with Crippen LogP contribution in [0, 0.1) is 0 Å². The second-order valence-electron chi connectivity index (χ2n) is 5.60. The van der Waals surface area contributed by atoms with Gasteiger partial charge in [0.2, 0.25) is 5.79 Å². The Bertz CT molecular complexity index is 373. The molecule has 0 amide bonds. The second-order valence-corrected chi connectivity index (χ2v) is 5.60. The van der Waals surface area contributed by atoms with Gasteiger partial charge in [-0.15, -0.1) is 0 Å². The van der Waals surface area contributed by atoms with Gasteiger partial charge in [0.15, 0.2) is 0 Å². The van der Waals surface area contributed by atoms with E-state index in [1.165, 1.54) is 0 Å². The third-order valence-electron chi connectivity index (χ3n) is 4.21. The zero-order chi connectivity index (χ0) is 16.5. The van der Waals surface area contributed by atoms with Crippen LogP contribution in [0.1, 0.15) is 0 Å². The lowest BCUT2D eigenvalue weighted by Gasteiger charge is -2.31. The molecule has 22 heavy (non-hydrogen) atoms. The first-order valence-electron chi connectivity index (χ1n) is 7.03. The third kappa shape index (κ3) is 2.99. The highest BCUT2D eigenvalue weighted by Gasteiger charge is 2.55. The average molecular weight is 325 g/mol. The molecule has 0 unspecified atom stereocenters. The number of hydrogen-bond donors (Lipinski definition) is 8. The van der Waals surface area contributed by atoms with Crippen molar-refractivity contribution in [1.82, 2.24) is 5.32 Å². The summed E-state index contributed by atoms with van der Waals surface area (Å²) in [5.41, 5.74) is 0. The van der Waals surface area contributed by atoms with Crippen molar-refractivity contribution in [2.45, 2.75) is 48.4 Å². The van der Waals surface area contributed by atoms with Gasteiger partial charge in [0, 0.05) is 0 Å². The van der Waals surface area contributed by atoms with Gasteiger partial charge >= 0.3 is 0 Å². The second kappa shape index (κ2) is 7.01. The molecule has 8 atom stereocenters. The van der Waals surface area contributed by atoms with Gasteiger partial charge < -0.3 is 50.5 Å². The van der Waals surface area contributed by atoms with Crippen LogP contribution in [-0.2, 0) is 9.47 Å². The summed E-state index contributed by atoms with van der Waals surface area (Å²) in [4.78, 5) is 0. The molecule has 2 aliphatic rings. The number of nitrogens with one attached hydrogen (secondary N) is 1. The summed E-state index contributed by atoms with van der Waals surface area (Å²) in [6.45, 7) is -2.00. The van der Waals surface area contributed by atoms with E-state index in [0.29, 0.717) is 0 Å². The van der Waals surface area contributed by atoms with Crippen molar-refractivity contribution < 1.29 is 45.2 Å². The Balaban J connectivity index is 2.00. The zero-order valence-corrected chi connectivity index (χ0v) is 11.8. The van der Waals surface area contributed by atoms with Crippen LogP contribution in [0.2, 0.25) is 0 Å². The SMILES string of the molecule is OC[C@H]1N[C@H](CO[C@]2(CO)O[C@H](CO)[C@@H](O)[C@@H]2O)[C@@H](O)[C@@H]1O. The lowest BCUT2D eigenvalue weighted by Crippen LogP contribution is -2.51. The normalized spacial score (nSPS) is 49.0. The molecular formula is C12H23NO9. The molecule has 130 valence electrons. The van der Waals surface area contributed by atoms with Crippen molar-refractivity contribution in [3.8, 4) is 0 Å². The summed E-state index contributed by atoms with van der Waals surface area (Å²) in [5, 5.41) is 69.5. The fraction of sp³-hybridized carbons (Fsp3) is 1.00. The van der Waals surface area contributed by atoms with E-state index >= 15 is 0 Å². The largest absolute Gasteiger partial charge is 0.395 e. The lowest BCUT2D eigenvalue weighted by molar-refractivity contribution is -0.279. The lowest BCUT2D eigenvalue weighted by atomic mass is 10.1. The number of hydrogen-bond acceptors (Lipinski definition) is 10. The molecule has 0 spiro atoms. The molecule has 0 aliphatic carbocycles. The van der Waals surface area contributed by atoms with Crippen molar-refractivity contribution in [3.63, 3.8) is 0 Å². The highest BCUT2D eigenvalue weighted by Crippen LogP contribution is 2.32. The van der Waals surface area contributed by atoms with Crippen LogP contribution in [0.15, 0.2) is 0 Å². The highest BCUT2D eigenvalue weighted by atomic mass is 16.7. The molecular weight excluding hydrogens is 302 g/mol. The van der Waals surface area contributed by atoms with Gasteiger partial charge in [-0.1, -0.05) is 0 Å². The molecule has 2 aliphatic heterocycles. The van der Waals surface area contributed by atoms with Crippen molar-refractivity contribution in [3.05, 3.63) is 0 Å². The third-order valence-corrected chi connectivity index (χ3v) is 4.21. The monoisotopic (exact) mass is 325 g/mol. The van der Waals surface area contributed by atoms with Crippen LogP contribution in [0.5, 0.6) is 0 Å². The van der Waals surface area contributed by atoms with Crippen molar-refractivity contribution in [2.24, 2.45) is 0 Å². The Hall–Kier alpha value is -0.400. The molecule has 8 N–H and O–H groups in total. The van der Waals surface area contributed by atoms with Gasteiger partial charge in [-0.05, 0) is 0 Å². The summed E-state index contributed by atoms with van der Waals surface area (Å²) < 4.78 is 10.5. The number of aliphatic hydroxyl groups is 7. The Morgan fingerprint density at radius 1 is 0.909 bits per heavy atom. The van der Waals surface area contributed by atoms with Gasteiger partial charge in [0.25, 0.3) is 0 Å². The molecule has 0 aromatic rings. The van der Waals surface area contributed by atoms with Crippen LogP contribution in [0.4, 0.5) is 0 Å². The average Bonchev–Trinajstić information content (AvgIpc) is 2.95. The van der Waals surface area contributed by atoms with Gasteiger partial charge in [-0.25, -0.2) is 0 Å². The van der Waals surface area contributed by atoms with Gasteiger partial charge in [-0.2, -0.15) is 0 Å². The first-order valence-corrected chi connectivity index (χ1v) is 7.03. The zero-order valence-electron chi connectivity index (χ0n) is 11.8. The van der Waals surface area contributed by atoms with Crippen molar-refractivity contribution in [1.29, 1.82) is 0 Å². The van der Waals surface area contributed by atoms with Crippen molar-refractivity contribution >= 4 is 0 Å². The predicted molar refractivity (Wildman–Crippen MR) is 69.6 cm³/mol. The van der Waals surface area contributed by atoms with Crippen LogP contribution >= 0.6 is 0 Å². The molecule has 0 aromatic heterocycles. The molecule has 2 saturated heterocycles. The summed E-state index contributed by atoms with van der Waals surface area (Å²) in [5.74, 6) is -1.93. The predicted octanol–water partition coefficient (Wildman–Crippen LogP) is -5.14. The van der Waals surface area contributed by atoms with Gasteiger partial charge in [-0.3, -0.25) is 0 Å². The van der Waals surface area contributed by atoms with E-state index in [0.717, 1.165) is 0 Å². The molecule has 0 aromatic carbocycles. The van der Waals surface area contributed by atoms with E-state index < -0.39 is 61.6 Å². The Kier molecular flexibility index (Phi) is 5.72. The first-order chi connectivity index (χ1) is 10.4. The summed E-state index contributed by atoms with van der Waals surface area (Å²) in [6, 6.07) is -1.49. The Labute approximate surface area is 126 Å². The standard InChI is InChI=1S/C12H23NO9/c14-1-5-8(17)9(18)6(13-5)3-21-12(4-16)11(20)10(19)7(2-15)22-12/h5-11,13-20H,1-4H2/t5-,6-,7-,8-,9-,10-,11+,12-/m1/s1. The quantitative estimate of drug-likeness (QED) is 0.236. The van der Waals surface area contributed by atoms with E-state index in [2.05, 4.69) is 5.32 Å². The van der Waals surface area contributed by atoms with Crippen LogP contribution < -0.4 is 5.32 Å². The molecule has 0 bridgehead atoms. The van der Waals surface area contributed by atoms with E-state index in [-0.39, 0.29) is 13.2 Å². The van der Waals surface area contributed by atoms with Crippen molar-refractivity contribution in [2.75, 3.05) is 26.4 Å². The summed E-state index contributed by atoms with van der Waals surface area (Å²) in [7, 11) is 0. The highest BCUT2D eigenvalue weighted by molar-refractivity contribution is 5.00. The van der Waals surface area contributed by atoms with Crippen LogP contribution in [0.25, 0.3) is 0 Å². The van der Waals surface area contributed by atoms with E-state index in [9.17, 15) is 25.5 Å². The fourth-order valence-electron chi connectivity index (χ4n) is 2.79. The molecule has 2 fully saturated rings. The molecule has 2 rings (SSSR count). The minimum absolute atomic E-state index is 0.267. The summed E-state index contributed by atoms with van der Waals surface area (Å²) >= 11 is 0. The van der Waals surface area contributed by atoms with Crippen LogP contribution in [-0.4, -0.2) is 111 Å². The maximum Gasteiger partial charge on any atom is 0.221 e. The van der Waals surface area contributed by atoms with Gasteiger partial charge in [0.05, 0.1) is 44.1 Å². The summed E-state index contributed by atoms with van der Waals surface area (Å²) in [6.07, 6.45) is -6.54. The first kappa shape index (κ1) is 17.9. The number of rotatable bonds is 6. The smallest absolute Gasteiger partial charge is 0.221 e. The molecule has 10 nitrogen and oxygen atoms in total. The van der Waals surface area contributed by atoms with E-state index in [1.54, 1.807) is 0 Å². The molecule has 10 heteroatoms. The fourth-order valence-corrected chi connectivity index (χ4v) is 2.79.